The third-order valence-corrected chi connectivity index (χ3v) is 3.59. The molecule has 18 heavy (non-hydrogen) atoms. The predicted octanol–water partition coefficient (Wildman–Crippen LogP) is 2.33. The van der Waals surface area contributed by atoms with Crippen LogP contribution in [0.3, 0.4) is 0 Å². The molecule has 3 nitrogen and oxygen atoms in total. The van der Waals surface area contributed by atoms with E-state index < -0.39 is 0 Å². The van der Waals surface area contributed by atoms with Crippen LogP contribution >= 0.6 is 0 Å². The number of nitrogens with zero attached hydrogens (tertiary/aromatic N) is 1. The molecular formula is C15H24N2O. The van der Waals surface area contributed by atoms with Gasteiger partial charge in [0, 0.05) is 24.8 Å². The quantitative estimate of drug-likeness (QED) is 0.885. The molecule has 2 rings (SSSR count). The third-order valence-electron chi connectivity index (χ3n) is 3.59. The lowest BCUT2D eigenvalue weighted by Gasteiger charge is -2.35. The monoisotopic (exact) mass is 248 g/mol. The number of ether oxygens (including phenoxy) is 1. The van der Waals surface area contributed by atoms with Gasteiger partial charge in [0.1, 0.15) is 0 Å². The molecule has 1 aromatic carbocycles. The van der Waals surface area contributed by atoms with Crippen LogP contribution in [0.25, 0.3) is 0 Å². The Labute approximate surface area is 110 Å². The van der Waals surface area contributed by atoms with Crippen LogP contribution < -0.4 is 10.2 Å². The summed E-state index contributed by atoms with van der Waals surface area (Å²) < 4.78 is 5.49. The summed E-state index contributed by atoms with van der Waals surface area (Å²) >= 11 is 0. The van der Waals surface area contributed by atoms with Crippen molar-refractivity contribution < 1.29 is 4.74 Å². The largest absolute Gasteiger partial charge is 0.377 e. The van der Waals surface area contributed by atoms with Crippen LogP contribution in [0.2, 0.25) is 0 Å². The summed E-state index contributed by atoms with van der Waals surface area (Å²) in [4.78, 5) is 2.44. The summed E-state index contributed by atoms with van der Waals surface area (Å²) in [5, 5.41) is 3.38. The van der Waals surface area contributed by atoms with Gasteiger partial charge in [-0.3, -0.25) is 0 Å². The van der Waals surface area contributed by atoms with Crippen molar-refractivity contribution in [2.45, 2.75) is 33.4 Å². The lowest BCUT2D eigenvalue weighted by molar-refractivity contribution is 0.0989. The van der Waals surface area contributed by atoms with Crippen LogP contribution in [-0.2, 0) is 11.3 Å². The van der Waals surface area contributed by atoms with Gasteiger partial charge in [-0.2, -0.15) is 0 Å². The number of benzene rings is 1. The lowest BCUT2D eigenvalue weighted by Crippen LogP contribution is -2.43. The van der Waals surface area contributed by atoms with Gasteiger partial charge < -0.3 is 15.0 Å². The first kappa shape index (κ1) is 13.4. The van der Waals surface area contributed by atoms with Gasteiger partial charge in [0.2, 0.25) is 0 Å². The summed E-state index contributed by atoms with van der Waals surface area (Å²) in [5.74, 6) is 0. The number of morpholine rings is 1. The summed E-state index contributed by atoms with van der Waals surface area (Å²) in [7, 11) is 0. The maximum atomic E-state index is 5.49. The molecule has 0 radical (unpaired) electrons. The van der Waals surface area contributed by atoms with Gasteiger partial charge in [-0.15, -0.1) is 0 Å². The van der Waals surface area contributed by atoms with Crippen molar-refractivity contribution in [1.29, 1.82) is 0 Å². The first-order chi connectivity index (χ1) is 8.72. The zero-order chi connectivity index (χ0) is 13.0. The zero-order valence-corrected chi connectivity index (χ0v) is 11.7. The van der Waals surface area contributed by atoms with Crippen molar-refractivity contribution in [1.82, 2.24) is 5.32 Å². The average Bonchev–Trinajstić information content (AvgIpc) is 2.38. The summed E-state index contributed by atoms with van der Waals surface area (Å²) in [5.41, 5.74) is 4.08. The first-order valence-electron chi connectivity index (χ1n) is 6.87. The second-order valence-electron chi connectivity index (χ2n) is 5.01. The van der Waals surface area contributed by atoms with Gasteiger partial charge in [-0.05, 0) is 43.7 Å². The van der Waals surface area contributed by atoms with E-state index in [4.69, 9.17) is 4.74 Å². The fraction of sp³-hybridized carbons (Fsp3) is 0.600. The van der Waals surface area contributed by atoms with Crippen molar-refractivity contribution in [2.24, 2.45) is 0 Å². The summed E-state index contributed by atoms with van der Waals surface area (Å²) in [6.07, 6.45) is 0. The highest BCUT2D eigenvalue weighted by Gasteiger charge is 2.19. The molecule has 1 unspecified atom stereocenters. The van der Waals surface area contributed by atoms with Gasteiger partial charge in [0.25, 0.3) is 0 Å². The van der Waals surface area contributed by atoms with E-state index in [0.29, 0.717) is 6.04 Å². The molecule has 1 heterocycles. The number of rotatable bonds is 4. The third kappa shape index (κ3) is 3.03. The molecule has 100 valence electrons. The molecule has 0 saturated carbocycles. The molecule has 0 aliphatic carbocycles. The molecule has 0 bridgehead atoms. The Bertz CT molecular complexity index is 392. The SMILES string of the molecule is CCNCc1ccc(N2CCOCC2C)cc1C. The minimum atomic E-state index is 0.470. The number of nitrogens with one attached hydrogen (secondary N) is 1. The highest BCUT2D eigenvalue weighted by molar-refractivity contribution is 5.51. The molecule has 1 N–H and O–H groups in total. The Morgan fingerprint density at radius 1 is 1.44 bits per heavy atom. The van der Waals surface area contributed by atoms with Crippen molar-refractivity contribution in [3.63, 3.8) is 0 Å². The molecule has 1 aromatic rings. The molecule has 0 aromatic heterocycles. The summed E-state index contributed by atoms with van der Waals surface area (Å²) in [6, 6.07) is 7.25. The van der Waals surface area contributed by atoms with Crippen molar-refractivity contribution in [3.05, 3.63) is 29.3 Å². The second-order valence-corrected chi connectivity index (χ2v) is 5.01. The maximum absolute atomic E-state index is 5.49. The van der Waals surface area contributed by atoms with Crippen molar-refractivity contribution >= 4 is 5.69 Å². The highest BCUT2D eigenvalue weighted by atomic mass is 16.5. The van der Waals surface area contributed by atoms with E-state index in [1.165, 1.54) is 16.8 Å². The fourth-order valence-electron chi connectivity index (χ4n) is 2.43. The number of hydrogen-bond acceptors (Lipinski definition) is 3. The molecule has 0 spiro atoms. The molecule has 1 saturated heterocycles. The van der Waals surface area contributed by atoms with Crippen LogP contribution in [0.15, 0.2) is 18.2 Å². The highest BCUT2D eigenvalue weighted by Crippen LogP contribution is 2.22. The van der Waals surface area contributed by atoms with Crippen molar-refractivity contribution in [2.75, 3.05) is 31.2 Å². The van der Waals surface area contributed by atoms with E-state index in [-0.39, 0.29) is 0 Å². The Kier molecular flexibility index (Phi) is 4.61. The van der Waals surface area contributed by atoms with E-state index in [1.807, 2.05) is 0 Å². The minimum absolute atomic E-state index is 0.470. The van der Waals surface area contributed by atoms with E-state index in [0.717, 1.165) is 32.8 Å². The molecule has 1 atom stereocenters. The van der Waals surface area contributed by atoms with Gasteiger partial charge >= 0.3 is 0 Å². The van der Waals surface area contributed by atoms with E-state index in [9.17, 15) is 0 Å². The smallest absolute Gasteiger partial charge is 0.0668 e. The molecule has 1 fully saturated rings. The van der Waals surface area contributed by atoms with E-state index in [2.05, 4.69) is 49.2 Å². The fourth-order valence-corrected chi connectivity index (χ4v) is 2.43. The van der Waals surface area contributed by atoms with E-state index in [1.54, 1.807) is 0 Å². The van der Waals surface area contributed by atoms with Crippen LogP contribution in [-0.4, -0.2) is 32.3 Å². The van der Waals surface area contributed by atoms with Crippen LogP contribution in [0.4, 0.5) is 5.69 Å². The van der Waals surface area contributed by atoms with Gasteiger partial charge in [-0.1, -0.05) is 13.0 Å². The minimum Gasteiger partial charge on any atom is -0.377 e. The zero-order valence-electron chi connectivity index (χ0n) is 11.7. The number of anilines is 1. The van der Waals surface area contributed by atoms with Gasteiger partial charge in [-0.25, -0.2) is 0 Å². The van der Waals surface area contributed by atoms with Gasteiger partial charge in [0.15, 0.2) is 0 Å². The van der Waals surface area contributed by atoms with Crippen LogP contribution in [0, 0.1) is 6.92 Å². The molecule has 3 heteroatoms. The maximum Gasteiger partial charge on any atom is 0.0668 e. The number of hydrogen-bond donors (Lipinski definition) is 1. The molecular weight excluding hydrogens is 224 g/mol. The van der Waals surface area contributed by atoms with Gasteiger partial charge in [0.05, 0.1) is 13.2 Å². The molecule has 0 amide bonds. The van der Waals surface area contributed by atoms with Crippen LogP contribution in [0.5, 0.6) is 0 Å². The van der Waals surface area contributed by atoms with Crippen molar-refractivity contribution in [3.8, 4) is 0 Å². The van der Waals surface area contributed by atoms with E-state index >= 15 is 0 Å². The summed E-state index contributed by atoms with van der Waals surface area (Å²) in [6.45, 7) is 11.2. The first-order valence-corrected chi connectivity index (χ1v) is 6.87. The Morgan fingerprint density at radius 2 is 2.28 bits per heavy atom. The Morgan fingerprint density at radius 3 is 2.94 bits per heavy atom. The average molecular weight is 248 g/mol. The standard InChI is InChI=1S/C15H24N2O/c1-4-16-10-14-5-6-15(9-12(14)2)17-7-8-18-11-13(17)3/h5-6,9,13,16H,4,7-8,10-11H2,1-3H3. The van der Waals surface area contributed by atoms with Crippen LogP contribution in [0.1, 0.15) is 25.0 Å². The normalized spacial score (nSPS) is 20.2. The molecule has 1 aliphatic heterocycles. The predicted molar refractivity (Wildman–Crippen MR) is 76.2 cm³/mol. The lowest BCUT2D eigenvalue weighted by atomic mass is 10.1. The molecule has 1 aliphatic rings. The second kappa shape index (κ2) is 6.21. The number of aryl methyl sites for hydroxylation is 1. The topological polar surface area (TPSA) is 24.5 Å². The Hall–Kier alpha value is -1.06. The Balaban J connectivity index is 2.12.